The van der Waals surface area contributed by atoms with Gasteiger partial charge in [0.1, 0.15) is 5.69 Å². The van der Waals surface area contributed by atoms with E-state index < -0.39 is 5.41 Å². The third kappa shape index (κ3) is 4.48. The number of hydrogen-bond donors (Lipinski definition) is 1. The molecule has 1 atom stereocenters. The number of nitrogens with one attached hydrogen (secondary N) is 1. The van der Waals surface area contributed by atoms with E-state index in [1.807, 2.05) is 18.2 Å². The van der Waals surface area contributed by atoms with Crippen molar-refractivity contribution in [2.24, 2.45) is 5.41 Å². The summed E-state index contributed by atoms with van der Waals surface area (Å²) in [5.74, 6) is -0.211. The first-order chi connectivity index (χ1) is 15.1. The molecule has 0 spiro atoms. The highest BCUT2D eigenvalue weighted by molar-refractivity contribution is 5.93. The molecule has 0 radical (unpaired) electrons. The molecule has 2 heterocycles. The number of hydrogen-bond acceptors (Lipinski definition) is 4. The van der Waals surface area contributed by atoms with Gasteiger partial charge in [0.05, 0.1) is 11.6 Å². The average Bonchev–Trinajstić information content (AvgIpc) is 2.84. The van der Waals surface area contributed by atoms with Gasteiger partial charge in [-0.05, 0) is 36.0 Å². The highest BCUT2D eigenvalue weighted by Crippen LogP contribution is 2.35. The van der Waals surface area contributed by atoms with Gasteiger partial charge in [0.2, 0.25) is 5.91 Å². The van der Waals surface area contributed by atoms with E-state index in [9.17, 15) is 9.59 Å². The minimum absolute atomic E-state index is 0.0312. The molecule has 0 saturated carbocycles. The van der Waals surface area contributed by atoms with Crippen molar-refractivity contribution < 1.29 is 9.59 Å². The quantitative estimate of drug-likeness (QED) is 0.695. The van der Waals surface area contributed by atoms with Crippen LogP contribution in [0.1, 0.15) is 28.9 Å². The van der Waals surface area contributed by atoms with Gasteiger partial charge < -0.3 is 10.2 Å². The van der Waals surface area contributed by atoms with Crippen molar-refractivity contribution in [2.75, 3.05) is 20.1 Å². The molecule has 31 heavy (non-hydrogen) atoms. The zero-order valence-corrected chi connectivity index (χ0v) is 17.6. The predicted molar refractivity (Wildman–Crippen MR) is 119 cm³/mol. The maximum absolute atomic E-state index is 13.0. The molecule has 1 aliphatic rings. The SMILES string of the molecule is CNC(=O)[C@@]1(Cc2ccc(-c3ccccc3)cc2)CCCN(C(=O)c2cnccn2)C1. The van der Waals surface area contributed by atoms with E-state index in [2.05, 4.69) is 51.7 Å². The molecule has 0 aliphatic carbocycles. The molecule has 1 saturated heterocycles. The van der Waals surface area contributed by atoms with Gasteiger partial charge in [-0.25, -0.2) is 4.98 Å². The van der Waals surface area contributed by atoms with Gasteiger partial charge in [-0.15, -0.1) is 0 Å². The maximum Gasteiger partial charge on any atom is 0.274 e. The second kappa shape index (κ2) is 9.08. The fourth-order valence-electron chi connectivity index (χ4n) is 4.39. The molecule has 6 heteroatoms. The Balaban J connectivity index is 1.56. The standard InChI is InChI=1S/C25H26N4O2/c1-26-24(31)25(12-5-15-29(18-25)23(30)22-17-27-13-14-28-22)16-19-8-10-21(11-9-19)20-6-3-2-4-7-20/h2-4,6-11,13-14,17H,5,12,15-16,18H2,1H3,(H,26,31)/t25-/m1/s1. The van der Waals surface area contributed by atoms with E-state index in [0.29, 0.717) is 25.2 Å². The molecule has 2 amide bonds. The van der Waals surface area contributed by atoms with Gasteiger partial charge in [-0.3, -0.25) is 14.6 Å². The summed E-state index contributed by atoms with van der Waals surface area (Å²) in [5, 5.41) is 2.83. The average molecular weight is 415 g/mol. The lowest BCUT2D eigenvalue weighted by molar-refractivity contribution is -0.133. The third-order valence-corrected chi connectivity index (χ3v) is 5.96. The molecule has 0 bridgehead atoms. The number of rotatable bonds is 5. The summed E-state index contributed by atoms with van der Waals surface area (Å²) in [6.45, 7) is 0.976. The molecule has 4 rings (SSSR count). The van der Waals surface area contributed by atoms with Gasteiger partial charge in [-0.2, -0.15) is 0 Å². The lowest BCUT2D eigenvalue weighted by atomic mass is 9.74. The highest BCUT2D eigenvalue weighted by atomic mass is 16.2. The van der Waals surface area contributed by atoms with Crippen LogP contribution in [-0.2, 0) is 11.2 Å². The van der Waals surface area contributed by atoms with Gasteiger partial charge >= 0.3 is 0 Å². The Morgan fingerprint density at radius 1 is 1.03 bits per heavy atom. The Morgan fingerprint density at radius 3 is 2.45 bits per heavy atom. The number of aromatic nitrogens is 2. The van der Waals surface area contributed by atoms with Crippen LogP contribution in [0.15, 0.2) is 73.2 Å². The lowest BCUT2D eigenvalue weighted by Gasteiger charge is -2.41. The molecule has 6 nitrogen and oxygen atoms in total. The van der Waals surface area contributed by atoms with Crippen LogP contribution in [0.25, 0.3) is 11.1 Å². The van der Waals surface area contributed by atoms with Gasteiger partial charge in [-0.1, -0.05) is 54.6 Å². The van der Waals surface area contributed by atoms with E-state index in [4.69, 9.17) is 0 Å². The largest absolute Gasteiger partial charge is 0.359 e. The summed E-state index contributed by atoms with van der Waals surface area (Å²) in [6, 6.07) is 18.6. The molecular weight excluding hydrogens is 388 g/mol. The minimum atomic E-state index is -0.668. The number of carbonyl (C=O) groups excluding carboxylic acids is 2. The van der Waals surface area contributed by atoms with Crippen molar-refractivity contribution >= 4 is 11.8 Å². The van der Waals surface area contributed by atoms with Crippen molar-refractivity contribution in [3.63, 3.8) is 0 Å². The molecule has 3 aromatic rings. The van der Waals surface area contributed by atoms with Crippen LogP contribution in [0.5, 0.6) is 0 Å². The minimum Gasteiger partial charge on any atom is -0.359 e. The number of amides is 2. The summed E-state index contributed by atoms with van der Waals surface area (Å²) in [6.07, 6.45) is 6.60. The Labute approximate surface area is 182 Å². The van der Waals surface area contributed by atoms with Crippen molar-refractivity contribution in [1.29, 1.82) is 0 Å². The normalized spacial score (nSPS) is 18.4. The van der Waals surface area contributed by atoms with E-state index in [1.165, 1.54) is 12.4 Å². The van der Waals surface area contributed by atoms with E-state index in [0.717, 1.165) is 29.5 Å². The van der Waals surface area contributed by atoms with E-state index in [-0.39, 0.29) is 11.8 Å². The summed E-state index contributed by atoms with van der Waals surface area (Å²) in [4.78, 5) is 35.8. The van der Waals surface area contributed by atoms with Crippen LogP contribution in [0.3, 0.4) is 0 Å². The zero-order valence-electron chi connectivity index (χ0n) is 17.6. The Morgan fingerprint density at radius 2 is 1.77 bits per heavy atom. The Kier molecular flexibility index (Phi) is 6.07. The van der Waals surface area contributed by atoms with Crippen LogP contribution in [0.4, 0.5) is 0 Å². The molecular formula is C25H26N4O2. The summed E-state index contributed by atoms with van der Waals surface area (Å²) in [5.41, 5.74) is 3.02. The Hall–Kier alpha value is -3.54. The summed E-state index contributed by atoms with van der Waals surface area (Å²) in [7, 11) is 1.66. The molecule has 0 unspecified atom stereocenters. The first-order valence-corrected chi connectivity index (χ1v) is 10.5. The number of nitrogens with zero attached hydrogens (tertiary/aromatic N) is 3. The molecule has 2 aromatic carbocycles. The predicted octanol–water partition coefficient (Wildman–Crippen LogP) is 3.35. The first-order valence-electron chi connectivity index (χ1n) is 10.5. The molecule has 1 fully saturated rings. The zero-order chi connectivity index (χ0) is 21.7. The second-order valence-corrected chi connectivity index (χ2v) is 8.02. The van der Waals surface area contributed by atoms with Gasteiger partial charge in [0.25, 0.3) is 5.91 Å². The van der Waals surface area contributed by atoms with Crippen LogP contribution in [0, 0.1) is 5.41 Å². The Bertz CT molecular complexity index is 1040. The number of benzene rings is 2. The lowest BCUT2D eigenvalue weighted by Crippen LogP contribution is -2.54. The van der Waals surface area contributed by atoms with Crippen LogP contribution in [0.2, 0.25) is 0 Å². The van der Waals surface area contributed by atoms with E-state index >= 15 is 0 Å². The molecule has 1 N–H and O–H groups in total. The fraction of sp³-hybridized carbons (Fsp3) is 0.280. The molecule has 1 aliphatic heterocycles. The van der Waals surface area contributed by atoms with Crippen LogP contribution in [-0.4, -0.2) is 46.8 Å². The maximum atomic E-state index is 13.0. The second-order valence-electron chi connectivity index (χ2n) is 8.02. The third-order valence-electron chi connectivity index (χ3n) is 5.96. The van der Waals surface area contributed by atoms with Crippen molar-refractivity contribution in [1.82, 2.24) is 20.2 Å². The smallest absolute Gasteiger partial charge is 0.274 e. The summed E-state index contributed by atoms with van der Waals surface area (Å²) >= 11 is 0. The van der Waals surface area contributed by atoms with Gasteiger partial charge in [0, 0.05) is 32.5 Å². The van der Waals surface area contributed by atoms with E-state index in [1.54, 1.807) is 18.1 Å². The highest BCUT2D eigenvalue weighted by Gasteiger charge is 2.43. The number of piperidine rings is 1. The number of likely N-dealkylation sites (tertiary alicyclic amines) is 1. The topological polar surface area (TPSA) is 75.2 Å². The summed E-state index contributed by atoms with van der Waals surface area (Å²) < 4.78 is 0. The van der Waals surface area contributed by atoms with Crippen molar-refractivity contribution in [3.8, 4) is 11.1 Å². The number of carbonyl (C=O) groups is 2. The van der Waals surface area contributed by atoms with Crippen LogP contribution < -0.4 is 5.32 Å². The molecule has 158 valence electrons. The monoisotopic (exact) mass is 414 g/mol. The molecule has 1 aromatic heterocycles. The van der Waals surface area contributed by atoms with Crippen molar-refractivity contribution in [2.45, 2.75) is 19.3 Å². The van der Waals surface area contributed by atoms with Crippen LogP contribution >= 0.6 is 0 Å². The fourth-order valence-corrected chi connectivity index (χ4v) is 4.39. The van der Waals surface area contributed by atoms with Gasteiger partial charge in [0.15, 0.2) is 0 Å². The van der Waals surface area contributed by atoms with Crippen molar-refractivity contribution in [3.05, 3.63) is 84.4 Å². The first kappa shape index (κ1) is 20.7.